The molecule has 150 valence electrons. The lowest BCUT2D eigenvalue weighted by atomic mass is 10.1. The maximum Gasteiger partial charge on any atom is 0.191 e. The number of aliphatic hydroxyl groups is 2. The van der Waals surface area contributed by atoms with E-state index in [-0.39, 0.29) is 30.6 Å². The zero-order valence-corrected chi connectivity index (χ0v) is 18.9. The van der Waals surface area contributed by atoms with Crippen molar-refractivity contribution in [3.05, 3.63) is 70.6 Å². The summed E-state index contributed by atoms with van der Waals surface area (Å²) < 4.78 is 1.17. The molecule has 0 spiro atoms. The van der Waals surface area contributed by atoms with E-state index in [1.165, 1.54) is 4.70 Å². The van der Waals surface area contributed by atoms with Gasteiger partial charge in [0.2, 0.25) is 0 Å². The van der Waals surface area contributed by atoms with E-state index < -0.39 is 6.10 Å². The normalized spacial score (nSPS) is 12.5. The first-order valence-electron chi connectivity index (χ1n) is 9.07. The third-order valence-electron chi connectivity index (χ3n) is 4.28. The van der Waals surface area contributed by atoms with Crippen molar-refractivity contribution in [1.29, 1.82) is 0 Å². The Hall–Kier alpha value is -1.68. The van der Waals surface area contributed by atoms with Gasteiger partial charge in [0.05, 0.1) is 13.2 Å². The molecule has 3 rings (SSSR count). The second-order valence-electron chi connectivity index (χ2n) is 6.21. The maximum atomic E-state index is 10.5. The van der Waals surface area contributed by atoms with Gasteiger partial charge in [0.15, 0.2) is 5.96 Å². The smallest absolute Gasteiger partial charge is 0.191 e. The number of benzene rings is 2. The highest BCUT2D eigenvalue weighted by molar-refractivity contribution is 14.0. The van der Waals surface area contributed by atoms with Gasteiger partial charge >= 0.3 is 0 Å². The Balaban J connectivity index is 0.00000280. The van der Waals surface area contributed by atoms with Gasteiger partial charge in [0.1, 0.15) is 6.10 Å². The number of guanidine groups is 1. The van der Waals surface area contributed by atoms with Crippen molar-refractivity contribution in [1.82, 2.24) is 10.6 Å². The molecule has 1 atom stereocenters. The van der Waals surface area contributed by atoms with Gasteiger partial charge < -0.3 is 20.8 Å². The van der Waals surface area contributed by atoms with E-state index in [1.807, 2.05) is 49.4 Å². The molecule has 0 saturated carbocycles. The minimum atomic E-state index is -0.601. The summed E-state index contributed by atoms with van der Waals surface area (Å²) in [6, 6.07) is 17.9. The molecule has 28 heavy (non-hydrogen) atoms. The fraction of sp³-hybridized carbons (Fsp3) is 0.286. The van der Waals surface area contributed by atoms with Crippen molar-refractivity contribution >= 4 is 51.4 Å². The molecule has 0 bridgehead atoms. The highest BCUT2D eigenvalue weighted by atomic mass is 127. The largest absolute Gasteiger partial charge is 0.392 e. The van der Waals surface area contributed by atoms with Gasteiger partial charge in [-0.1, -0.05) is 42.5 Å². The first kappa shape index (κ1) is 22.6. The molecule has 0 aliphatic rings. The first-order valence-corrected chi connectivity index (χ1v) is 9.89. The molecule has 0 saturated heterocycles. The van der Waals surface area contributed by atoms with Crippen LogP contribution in [-0.4, -0.2) is 29.3 Å². The number of aliphatic imine (C=N–C) groups is 1. The molecular formula is C21H26IN3O2S. The Labute approximate surface area is 186 Å². The van der Waals surface area contributed by atoms with E-state index in [2.05, 4.69) is 27.8 Å². The Morgan fingerprint density at radius 1 is 1.07 bits per heavy atom. The highest BCUT2D eigenvalue weighted by Gasteiger charge is 2.12. The van der Waals surface area contributed by atoms with Crippen LogP contribution in [0.3, 0.4) is 0 Å². The van der Waals surface area contributed by atoms with Gasteiger partial charge in [-0.2, -0.15) is 0 Å². The second kappa shape index (κ2) is 11.4. The average molecular weight is 511 g/mol. The molecule has 1 unspecified atom stereocenters. The van der Waals surface area contributed by atoms with Crippen LogP contribution in [0.5, 0.6) is 0 Å². The fourth-order valence-electron chi connectivity index (χ4n) is 2.83. The summed E-state index contributed by atoms with van der Waals surface area (Å²) >= 11 is 1.61. The third-order valence-corrected chi connectivity index (χ3v) is 5.49. The van der Waals surface area contributed by atoms with Crippen molar-refractivity contribution in [3.63, 3.8) is 0 Å². The van der Waals surface area contributed by atoms with E-state index in [0.29, 0.717) is 19.0 Å². The van der Waals surface area contributed by atoms with Crippen LogP contribution in [0.1, 0.15) is 29.0 Å². The van der Waals surface area contributed by atoms with Gasteiger partial charge in [0, 0.05) is 22.7 Å². The summed E-state index contributed by atoms with van der Waals surface area (Å²) in [7, 11) is 0. The van der Waals surface area contributed by atoms with Crippen LogP contribution in [0.25, 0.3) is 10.1 Å². The van der Waals surface area contributed by atoms with Crippen molar-refractivity contribution in [3.8, 4) is 0 Å². The Kier molecular flexibility index (Phi) is 9.17. The van der Waals surface area contributed by atoms with E-state index in [0.717, 1.165) is 27.9 Å². The quantitative estimate of drug-likeness (QED) is 0.221. The van der Waals surface area contributed by atoms with Crippen molar-refractivity contribution in [2.75, 3.05) is 13.1 Å². The van der Waals surface area contributed by atoms with Crippen molar-refractivity contribution in [2.45, 2.75) is 26.2 Å². The number of thiophene rings is 1. The summed E-state index contributed by atoms with van der Waals surface area (Å²) in [6.45, 7) is 3.57. The average Bonchev–Trinajstić information content (AvgIpc) is 3.14. The van der Waals surface area contributed by atoms with E-state index in [1.54, 1.807) is 11.3 Å². The van der Waals surface area contributed by atoms with Gasteiger partial charge in [-0.25, -0.2) is 4.99 Å². The Morgan fingerprint density at radius 2 is 1.79 bits per heavy atom. The number of nitrogens with one attached hydrogen (secondary N) is 2. The maximum absolute atomic E-state index is 10.5. The number of fused-ring (bicyclic) bond motifs is 1. The first-order chi connectivity index (χ1) is 13.2. The second-order valence-corrected chi connectivity index (χ2v) is 7.32. The van der Waals surface area contributed by atoms with Crippen LogP contribution in [0.4, 0.5) is 0 Å². The standard InChI is InChI=1S/C21H25N3O2S.HI/c1-2-22-21(23-12-16-8-3-4-9-17(16)14-25)24-13-18(26)20-11-15-7-5-6-10-19(15)27-20;/h3-11,18,25-26H,2,12-14H2,1H3,(H2,22,23,24);1H. The van der Waals surface area contributed by atoms with Crippen LogP contribution in [0, 0.1) is 0 Å². The van der Waals surface area contributed by atoms with E-state index >= 15 is 0 Å². The van der Waals surface area contributed by atoms with Gasteiger partial charge in [-0.3, -0.25) is 0 Å². The number of halogens is 1. The predicted octanol–water partition coefficient (Wildman–Crippen LogP) is 3.80. The number of rotatable bonds is 7. The lowest BCUT2D eigenvalue weighted by molar-refractivity contribution is 0.184. The molecule has 2 aromatic carbocycles. The van der Waals surface area contributed by atoms with E-state index in [4.69, 9.17) is 0 Å². The molecular weight excluding hydrogens is 485 g/mol. The summed E-state index contributed by atoms with van der Waals surface area (Å²) in [5.74, 6) is 0.644. The van der Waals surface area contributed by atoms with Crippen LogP contribution in [0.15, 0.2) is 59.6 Å². The summed E-state index contributed by atoms with van der Waals surface area (Å²) in [4.78, 5) is 5.51. The zero-order valence-electron chi connectivity index (χ0n) is 15.8. The topological polar surface area (TPSA) is 76.9 Å². The van der Waals surface area contributed by atoms with Crippen LogP contribution in [-0.2, 0) is 13.2 Å². The van der Waals surface area contributed by atoms with Crippen LogP contribution < -0.4 is 10.6 Å². The Bertz CT molecular complexity index is 880. The molecule has 1 heterocycles. The lowest BCUT2D eigenvalue weighted by Gasteiger charge is -2.14. The minimum Gasteiger partial charge on any atom is -0.392 e. The number of aliphatic hydroxyl groups excluding tert-OH is 2. The van der Waals surface area contributed by atoms with Crippen molar-refractivity contribution < 1.29 is 10.2 Å². The monoisotopic (exact) mass is 511 g/mol. The third kappa shape index (κ3) is 5.91. The molecule has 0 aliphatic carbocycles. The molecule has 4 N–H and O–H groups in total. The summed E-state index contributed by atoms with van der Waals surface area (Å²) in [6.07, 6.45) is -0.601. The molecule has 0 amide bonds. The van der Waals surface area contributed by atoms with Crippen molar-refractivity contribution in [2.24, 2.45) is 4.99 Å². The molecule has 0 aliphatic heterocycles. The Morgan fingerprint density at radius 3 is 2.50 bits per heavy atom. The number of hydrogen-bond acceptors (Lipinski definition) is 4. The van der Waals surface area contributed by atoms with Gasteiger partial charge in [-0.05, 0) is 35.6 Å². The van der Waals surface area contributed by atoms with Crippen LogP contribution >= 0.6 is 35.3 Å². The number of nitrogens with zero attached hydrogens (tertiary/aromatic N) is 1. The SMILES string of the molecule is CCNC(=NCc1ccccc1CO)NCC(O)c1cc2ccccc2s1.I. The number of hydrogen-bond donors (Lipinski definition) is 4. The summed E-state index contributed by atoms with van der Waals surface area (Å²) in [5, 5.41) is 27.5. The minimum absolute atomic E-state index is 0. The molecule has 7 heteroatoms. The molecule has 0 radical (unpaired) electrons. The highest BCUT2D eigenvalue weighted by Crippen LogP contribution is 2.29. The molecule has 5 nitrogen and oxygen atoms in total. The fourth-order valence-corrected chi connectivity index (χ4v) is 3.88. The lowest BCUT2D eigenvalue weighted by Crippen LogP contribution is -2.39. The van der Waals surface area contributed by atoms with Gasteiger partial charge in [0.25, 0.3) is 0 Å². The van der Waals surface area contributed by atoms with Gasteiger partial charge in [-0.15, -0.1) is 35.3 Å². The molecule has 1 aromatic heterocycles. The van der Waals surface area contributed by atoms with E-state index in [9.17, 15) is 10.2 Å². The van der Waals surface area contributed by atoms with Crippen LogP contribution in [0.2, 0.25) is 0 Å². The molecule has 3 aromatic rings. The zero-order chi connectivity index (χ0) is 19.1. The summed E-state index contributed by atoms with van der Waals surface area (Å²) in [5.41, 5.74) is 1.87. The molecule has 0 fully saturated rings. The predicted molar refractivity (Wildman–Crippen MR) is 127 cm³/mol.